The Morgan fingerprint density at radius 3 is 2.61 bits per heavy atom. The Morgan fingerprint density at radius 1 is 1.22 bits per heavy atom. The molecule has 23 heavy (non-hydrogen) atoms. The van der Waals surface area contributed by atoms with Crippen molar-refractivity contribution < 1.29 is 8.42 Å². The van der Waals surface area contributed by atoms with E-state index in [1.54, 1.807) is 22.9 Å². The van der Waals surface area contributed by atoms with Crippen molar-refractivity contribution in [1.82, 2.24) is 9.55 Å². The third-order valence-corrected chi connectivity index (χ3v) is 5.23. The third-order valence-electron chi connectivity index (χ3n) is 3.61. The molecule has 3 aromatic rings. The molecule has 0 saturated carbocycles. The summed E-state index contributed by atoms with van der Waals surface area (Å²) in [5, 5.41) is 0.990. The van der Waals surface area contributed by atoms with Crippen molar-refractivity contribution in [3.8, 4) is 5.69 Å². The maximum Gasteiger partial charge on any atom is 0.197 e. The van der Waals surface area contributed by atoms with E-state index in [1.807, 2.05) is 30.3 Å². The van der Waals surface area contributed by atoms with Crippen molar-refractivity contribution in [3.63, 3.8) is 0 Å². The average molecular weight is 327 g/mol. The van der Waals surface area contributed by atoms with E-state index in [0.717, 1.165) is 16.6 Å². The number of hydrogen-bond donors (Lipinski definition) is 1. The molecule has 2 heterocycles. The topological polar surface area (TPSA) is 78.0 Å². The molecule has 0 spiro atoms. The molecule has 0 unspecified atom stereocenters. The number of hydrogen-bond acceptors (Lipinski definition) is 4. The molecule has 0 amide bonds. The summed E-state index contributed by atoms with van der Waals surface area (Å²) >= 11 is 0. The van der Waals surface area contributed by atoms with Crippen LogP contribution < -0.4 is 5.73 Å². The zero-order chi connectivity index (χ0) is 16.4. The molecule has 0 fully saturated rings. The molecule has 0 atom stereocenters. The molecule has 2 aromatic heterocycles. The summed E-state index contributed by atoms with van der Waals surface area (Å²) in [4.78, 5) is 4.34. The highest BCUT2D eigenvalue weighted by Gasteiger charge is 2.22. The van der Waals surface area contributed by atoms with Crippen LogP contribution in [0, 0.1) is 0 Å². The van der Waals surface area contributed by atoms with Crippen molar-refractivity contribution in [3.05, 3.63) is 66.9 Å². The van der Waals surface area contributed by atoms with Gasteiger partial charge in [-0.05, 0) is 35.9 Å². The Balaban J connectivity index is 2.30. The minimum atomic E-state index is -3.49. The van der Waals surface area contributed by atoms with Crippen molar-refractivity contribution >= 4 is 20.9 Å². The molecule has 0 aliphatic heterocycles. The smallest absolute Gasteiger partial charge is 0.197 e. The zero-order valence-electron chi connectivity index (χ0n) is 12.5. The number of benzene rings is 1. The van der Waals surface area contributed by atoms with E-state index in [1.165, 1.54) is 6.08 Å². The van der Waals surface area contributed by atoms with Crippen LogP contribution in [0.15, 0.2) is 66.3 Å². The number of fused-ring (bicyclic) bond motifs is 1. The minimum Gasteiger partial charge on any atom is -0.326 e. The Bertz CT molecular complexity index is 957. The Morgan fingerprint density at radius 2 is 1.96 bits per heavy atom. The lowest BCUT2D eigenvalue weighted by atomic mass is 10.2. The van der Waals surface area contributed by atoms with Gasteiger partial charge < -0.3 is 5.73 Å². The molecule has 0 saturated heterocycles. The van der Waals surface area contributed by atoms with Gasteiger partial charge in [0.1, 0.15) is 10.7 Å². The molecule has 1 aromatic carbocycles. The van der Waals surface area contributed by atoms with Crippen LogP contribution in [0.25, 0.3) is 16.7 Å². The summed E-state index contributed by atoms with van der Waals surface area (Å²) in [6.45, 7) is 3.97. The van der Waals surface area contributed by atoms with E-state index in [2.05, 4.69) is 11.6 Å². The van der Waals surface area contributed by atoms with Crippen LogP contribution in [0.4, 0.5) is 0 Å². The van der Waals surface area contributed by atoms with Crippen LogP contribution >= 0.6 is 0 Å². The predicted octanol–water partition coefficient (Wildman–Crippen LogP) is 2.44. The predicted molar refractivity (Wildman–Crippen MR) is 91.2 cm³/mol. The number of rotatable bonds is 5. The maximum absolute atomic E-state index is 12.6. The van der Waals surface area contributed by atoms with Crippen LogP contribution in [0.5, 0.6) is 0 Å². The van der Waals surface area contributed by atoms with Gasteiger partial charge in [0.15, 0.2) is 9.84 Å². The van der Waals surface area contributed by atoms with E-state index in [-0.39, 0.29) is 10.8 Å². The Kier molecular flexibility index (Phi) is 4.02. The lowest BCUT2D eigenvalue weighted by Gasteiger charge is -2.10. The molecule has 0 aliphatic rings. The Hall–Kier alpha value is -2.44. The molecule has 0 aliphatic carbocycles. The monoisotopic (exact) mass is 327 g/mol. The first kappa shape index (κ1) is 15.5. The quantitative estimate of drug-likeness (QED) is 0.730. The van der Waals surface area contributed by atoms with E-state index in [4.69, 9.17) is 5.73 Å². The Labute approximate surface area is 135 Å². The van der Waals surface area contributed by atoms with Crippen molar-refractivity contribution in [1.29, 1.82) is 0 Å². The van der Waals surface area contributed by atoms with E-state index >= 15 is 0 Å². The summed E-state index contributed by atoms with van der Waals surface area (Å²) in [5.74, 6) is -0.121. The van der Waals surface area contributed by atoms with Crippen LogP contribution in [-0.2, 0) is 16.4 Å². The summed E-state index contributed by atoms with van der Waals surface area (Å²) in [6.07, 6.45) is 3.04. The van der Waals surface area contributed by atoms with Gasteiger partial charge >= 0.3 is 0 Å². The number of nitrogens with zero attached hydrogens (tertiary/aromatic N) is 2. The lowest BCUT2D eigenvalue weighted by Crippen LogP contribution is -2.11. The fourth-order valence-corrected chi connectivity index (χ4v) is 3.77. The van der Waals surface area contributed by atoms with E-state index in [0.29, 0.717) is 12.2 Å². The second kappa shape index (κ2) is 5.98. The first-order valence-electron chi connectivity index (χ1n) is 7.16. The van der Waals surface area contributed by atoms with E-state index < -0.39 is 9.84 Å². The average Bonchev–Trinajstić information content (AvgIpc) is 2.95. The van der Waals surface area contributed by atoms with Crippen LogP contribution in [0.3, 0.4) is 0 Å². The van der Waals surface area contributed by atoms with Gasteiger partial charge in [0.2, 0.25) is 0 Å². The summed E-state index contributed by atoms with van der Waals surface area (Å²) in [7, 11) is -3.49. The largest absolute Gasteiger partial charge is 0.326 e. The highest BCUT2D eigenvalue weighted by atomic mass is 32.2. The normalized spacial score (nSPS) is 11.7. The van der Waals surface area contributed by atoms with Gasteiger partial charge in [-0.15, -0.1) is 6.58 Å². The van der Waals surface area contributed by atoms with Crippen molar-refractivity contribution in [2.45, 2.75) is 11.6 Å². The van der Waals surface area contributed by atoms with E-state index in [9.17, 15) is 8.42 Å². The lowest BCUT2D eigenvalue weighted by molar-refractivity contribution is 0.593. The second-order valence-corrected chi connectivity index (χ2v) is 7.16. The number of sulfone groups is 1. The van der Waals surface area contributed by atoms with Gasteiger partial charge in [-0.25, -0.2) is 13.4 Å². The van der Waals surface area contributed by atoms with Gasteiger partial charge in [0.25, 0.3) is 0 Å². The third kappa shape index (κ3) is 2.78. The van der Waals surface area contributed by atoms with Crippen LogP contribution in [0.2, 0.25) is 0 Å². The number of pyridine rings is 1. The first-order valence-corrected chi connectivity index (χ1v) is 8.81. The summed E-state index contributed by atoms with van der Waals surface area (Å²) in [5.41, 5.74) is 7.94. The molecule has 0 bridgehead atoms. The fourth-order valence-electron chi connectivity index (χ4n) is 2.51. The highest BCUT2D eigenvalue weighted by molar-refractivity contribution is 7.91. The van der Waals surface area contributed by atoms with Gasteiger partial charge in [-0.2, -0.15) is 0 Å². The van der Waals surface area contributed by atoms with Gasteiger partial charge in [-0.1, -0.05) is 18.2 Å². The molecule has 118 valence electrons. The summed E-state index contributed by atoms with van der Waals surface area (Å²) in [6, 6.07) is 12.8. The zero-order valence-corrected chi connectivity index (χ0v) is 13.3. The summed E-state index contributed by atoms with van der Waals surface area (Å²) < 4.78 is 26.8. The molecular formula is C17H17N3O2S. The number of aromatic nitrogens is 2. The first-order chi connectivity index (χ1) is 11.1. The van der Waals surface area contributed by atoms with Gasteiger partial charge in [0.05, 0.1) is 5.75 Å². The second-order valence-electron chi connectivity index (χ2n) is 5.17. The molecule has 6 heteroatoms. The maximum atomic E-state index is 12.6. The molecular weight excluding hydrogens is 310 g/mol. The van der Waals surface area contributed by atoms with Crippen molar-refractivity contribution in [2.75, 3.05) is 5.75 Å². The van der Waals surface area contributed by atoms with Crippen LogP contribution in [0.1, 0.15) is 5.56 Å². The number of nitrogens with two attached hydrogens (primary N) is 1. The molecule has 0 radical (unpaired) electrons. The minimum absolute atomic E-state index is 0.121. The van der Waals surface area contributed by atoms with Gasteiger partial charge in [0, 0.05) is 23.8 Å². The highest BCUT2D eigenvalue weighted by Crippen LogP contribution is 2.27. The SMILES string of the molecule is C=CCS(=O)(=O)c1cc2cccnc2n1-c1ccc(CN)cc1. The fraction of sp³-hybridized carbons (Fsp3) is 0.118. The standard InChI is InChI=1S/C17H17N3O2S/c1-2-10-23(21,22)16-11-14-4-3-9-19-17(14)20(16)15-7-5-13(12-18)6-8-15/h2-9,11H,1,10,12,18H2. The molecule has 2 N–H and O–H groups in total. The van der Waals surface area contributed by atoms with Crippen LogP contribution in [-0.4, -0.2) is 23.7 Å². The van der Waals surface area contributed by atoms with Crippen molar-refractivity contribution in [2.24, 2.45) is 5.73 Å². The molecule has 5 nitrogen and oxygen atoms in total. The molecule has 3 rings (SSSR count). The van der Waals surface area contributed by atoms with Gasteiger partial charge in [-0.3, -0.25) is 4.57 Å².